The van der Waals surface area contributed by atoms with Gasteiger partial charge in [-0.2, -0.15) is 13.2 Å². The molecule has 6 nitrogen and oxygen atoms in total. The molecule has 3 rings (SSSR count). The van der Waals surface area contributed by atoms with E-state index in [1.165, 1.54) is 24.3 Å². The molecular formula is C23H21F3N4O2. The van der Waals surface area contributed by atoms with Gasteiger partial charge in [-0.25, -0.2) is 0 Å². The van der Waals surface area contributed by atoms with E-state index < -0.39 is 29.2 Å². The van der Waals surface area contributed by atoms with Crippen LogP contribution < -0.4 is 22.1 Å². The van der Waals surface area contributed by atoms with Crippen LogP contribution in [0.3, 0.4) is 0 Å². The van der Waals surface area contributed by atoms with E-state index in [1.807, 2.05) is 0 Å². The maximum absolute atomic E-state index is 13.3. The number of halogens is 3. The van der Waals surface area contributed by atoms with E-state index >= 15 is 0 Å². The number of aryl methyl sites for hydroxylation is 2. The zero-order chi connectivity index (χ0) is 23.6. The number of carbonyl (C=O) groups is 2. The van der Waals surface area contributed by atoms with Crippen LogP contribution in [0.5, 0.6) is 0 Å². The van der Waals surface area contributed by atoms with Gasteiger partial charge in [-0.05, 0) is 79.6 Å². The third kappa shape index (κ3) is 5.00. The molecule has 0 atom stereocenters. The predicted octanol–water partition coefficient (Wildman–Crippen LogP) is 4.99. The van der Waals surface area contributed by atoms with E-state index in [-0.39, 0.29) is 11.3 Å². The van der Waals surface area contributed by atoms with Crippen molar-refractivity contribution in [2.24, 2.45) is 0 Å². The van der Waals surface area contributed by atoms with E-state index in [4.69, 9.17) is 11.5 Å². The maximum Gasteiger partial charge on any atom is 0.418 e. The van der Waals surface area contributed by atoms with Gasteiger partial charge in [-0.3, -0.25) is 9.59 Å². The van der Waals surface area contributed by atoms with Crippen molar-refractivity contribution in [1.29, 1.82) is 0 Å². The summed E-state index contributed by atoms with van der Waals surface area (Å²) in [5, 5.41) is 5.04. The first-order chi connectivity index (χ1) is 15.0. The average molecular weight is 442 g/mol. The molecule has 3 aromatic carbocycles. The highest BCUT2D eigenvalue weighted by molar-refractivity contribution is 6.08. The summed E-state index contributed by atoms with van der Waals surface area (Å²) in [4.78, 5) is 25.2. The zero-order valence-electron chi connectivity index (χ0n) is 17.3. The van der Waals surface area contributed by atoms with Crippen molar-refractivity contribution in [3.8, 4) is 0 Å². The molecular weight excluding hydrogens is 421 g/mol. The van der Waals surface area contributed by atoms with Gasteiger partial charge in [0.15, 0.2) is 0 Å². The molecule has 0 aliphatic rings. The number of hydrogen-bond donors (Lipinski definition) is 4. The van der Waals surface area contributed by atoms with Gasteiger partial charge in [-0.15, -0.1) is 0 Å². The summed E-state index contributed by atoms with van der Waals surface area (Å²) in [5.41, 5.74) is 12.4. The number of carbonyl (C=O) groups excluding carboxylic acids is 2. The number of anilines is 4. The third-order valence-electron chi connectivity index (χ3n) is 4.83. The Hall–Kier alpha value is -4.01. The van der Waals surface area contributed by atoms with Crippen molar-refractivity contribution >= 4 is 34.6 Å². The van der Waals surface area contributed by atoms with Gasteiger partial charge < -0.3 is 22.1 Å². The van der Waals surface area contributed by atoms with Crippen LogP contribution in [0.1, 0.15) is 37.4 Å². The fourth-order valence-corrected chi connectivity index (χ4v) is 3.18. The van der Waals surface area contributed by atoms with Crippen LogP contribution in [0.15, 0.2) is 54.6 Å². The van der Waals surface area contributed by atoms with Gasteiger partial charge in [-0.1, -0.05) is 0 Å². The summed E-state index contributed by atoms with van der Waals surface area (Å²) in [5.74, 6) is -1.13. The van der Waals surface area contributed by atoms with Crippen molar-refractivity contribution in [2.75, 3.05) is 22.1 Å². The normalized spacial score (nSPS) is 11.2. The first-order valence-corrected chi connectivity index (χ1v) is 9.52. The van der Waals surface area contributed by atoms with Crippen molar-refractivity contribution in [3.05, 3.63) is 82.4 Å². The van der Waals surface area contributed by atoms with E-state index in [1.54, 1.807) is 32.0 Å². The predicted molar refractivity (Wildman–Crippen MR) is 119 cm³/mol. The zero-order valence-corrected chi connectivity index (χ0v) is 17.3. The molecule has 6 N–H and O–H groups in total. The molecule has 0 fully saturated rings. The van der Waals surface area contributed by atoms with Gasteiger partial charge in [0.2, 0.25) is 0 Å². The molecule has 166 valence electrons. The molecule has 0 aromatic heterocycles. The average Bonchev–Trinajstić information content (AvgIpc) is 2.70. The van der Waals surface area contributed by atoms with Crippen molar-refractivity contribution in [2.45, 2.75) is 20.0 Å². The molecule has 0 radical (unpaired) electrons. The number of hydrogen-bond acceptors (Lipinski definition) is 4. The first kappa shape index (κ1) is 22.7. The van der Waals surface area contributed by atoms with Gasteiger partial charge in [0.1, 0.15) is 0 Å². The van der Waals surface area contributed by atoms with Gasteiger partial charge in [0, 0.05) is 28.2 Å². The summed E-state index contributed by atoms with van der Waals surface area (Å²) in [6.07, 6.45) is -4.69. The molecule has 0 unspecified atom stereocenters. The van der Waals surface area contributed by atoms with Crippen LogP contribution >= 0.6 is 0 Å². The van der Waals surface area contributed by atoms with Crippen LogP contribution in [-0.4, -0.2) is 11.8 Å². The van der Waals surface area contributed by atoms with E-state index in [2.05, 4.69) is 10.6 Å². The lowest BCUT2D eigenvalue weighted by atomic mass is 10.0. The molecule has 0 bridgehead atoms. The summed E-state index contributed by atoms with van der Waals surface area (Å²) < 4.78 is 39.8. The molecule has 2 amide bonds. The topological polar surface area (TPSA) is 110 Å². The molecule has 0 aliphatic carbocycles. The Morgan fingerprint density at radius 2 is 1.34 bits per heavy atom. The van der Waals surface area contributed by atoms with Crippen molar-refractivity contribution in [3.63, 3.8) is 0 Å². The fraction of sp³-hybridized carbons (Fsp3) is 0.130. The molecule has 0 saturated carbocycles. The number of nitrogens with two attached hydrogens (primary N) is 2. The lowest BCUT2D eigenvalue weighted by Gasteiger charge is -2.15. The largest absolute Gasteiger partial charge is 0.418 e. The third-order valence-corrected chi connectivity index (χ3v) is 4.83. The Balaban J connectivity index is 1.81. The van der Waals surface area contributed by atoms with Crippen molar-refractivity contribution < 1.29 is 22.8 Å². The Kier molecular flexibility index (Phi) is 6.11. The van der Waals surface area contributed by atoms with Crippen LogP contribution in [-0.2, 0) is 6.18 Å². The quantitative estimate of drug-likeness (QED) is 0.427. The molecule has 0 spiro atoms. The second kappa shape index (κ2) is 8.62. The summed E-state index contributed by atoms with van der Waals surface area (Å²) in [6, 6.07) is 12.5. The SMILES string of the molecule is Cc1cc(N)ccc1NC(=O)c1ccc(C(=O)Nc2ccc(N)cc2C(F)(F)F)c(C)c1. The highest BCUT2D eigenvalue weighted by Gasteiger charge is 2.34. The standard InChI is InChI=1S/C23H21F3N4O2/c1-12-9-14(21(31)29-19-7-4-15(27)10-13(19)2)3-6-17(12)22(32)30-20-8-5-16(28)11-18(20)23(24,25)26/h3-11H,27-28H2,1-2H3,(H,29,31)(H,30,32). The van der Waals surface area contributed by atoms with Crippen LogP contribution in [0.25, 0.3) is 0 Å². The summed E-state index contributed by atoms with van der Waals surface area (Å²) in [7, 11) is 0. The van der Waals surface area contributed by atoms with Crippen LogP contribution in [0.2, 0.25) is 0 Å². The minimum Gasteiger partial charge on any atom is -0.399 e. The second-order valence-electron chi connectivity index (χ2n) is 7.32. The summed E-state index contributed by atoms with van der Waals surface area (Å²) >= 11 is 0. The lowest BCUT2D eigenvalue weighted by Crippen LogP contribution is -2.19. The monoisotopic (exact) mass is 442 g/mol. The lowest BCUT2D eigenvalue weighted by molar-refractivity contribution is -0.136. The number of nitrogen functional groups attached to an aromatic ring is 2. The maximum atomic E-state index is 13.3. The van der Waals surface area contributed by atoms with Crippen LogP contribution in [0, 0.1) is 13.8 Å². The summed E-state index contributed by atoms with van der Waals surface area (Å²) in [6.45, 7) is 3.39. The Bertz CT molecular complexity index is 1210. The number of alkyl halides is 3. The Labute approximate surface area is 182 Å². The molecule has 0 aliphatic heterocycles. The van der Waals surface area contributed by atoms with E-state index in [0.717, 1.165) is 17.7 Å². The highest BCUT2D eigenvalue weighted by Crippen LogP contribution is 2.36. The number of amides is 2. The van der Waals surface area contributed by atoms with Gasteiger partial charge >= 0.3 is 6.18 Å². The molecule has 9 heteroatoms. The van der Waals surface area contributed by atoms with E-state index in [9.17, 15) is 22.8 Å². The Morgan fingerprint density at radius 3 is 1.94 bits per heavy atom. The minimum atomic E-state index is -4.69. The van der Waals surface area contributed by atoms with Crippen LogP contribution in [0.4, 0.5) is 35.9 Å². The minimum absolute atomic E-state index is 0.0711. The van der Waals surface area contributed by atoms with E-state index in [0.29, 0.717) is 22.5 Å². The molecule has 0 saturated heterocycles. The number of benzene rings is 3. The first-order valence-electron chi connectivity index (χ1n) is 9.52. The number of rotatable bonds is 4. The molecule has 3 aromatic rings. The smallest absolute Gasteiger partial charge is 0.399 e. The Morgan fingerprint density at radius 1 is 0.750 bits per heavy atom. The van der Waals surface area contributed by atoms with Crippen molar-refractivity contribution in [1.82, 2.24) is 0 Å². The molecule has 32 heavy (non-hydrogen) atoms. The molecule has 0 heterocycles. The number of nitrogens with one attached hydrogen (secondary N) is 2. The van der Waals surface area contributed by atoms with Gasteiger partial charge in [0.25, 0.3) is 11.8 Å². The highest BCUT2D eigenvalue weighted by atomic mass is 19.4. The second-order valence-corrected chi connectivity index (χ2v) is 7.32. The fourth-order valence-electron chi connectivity index (χ4n) is 3.18. The van der Waals surface area contributed by atoms with Gasteiger partial charge in [0.05, 0.1) is 11.3 Å².